The minimum absolute atomic E-state index is 0.118. The normalized spacial score (nSPS) is 10.8. The van der Waals surface area contributed by atoms with Crippen LogP contribution in [-0.2, 0) is 6.54 Å². The first-order valence-corrected chi connectivity index (χ1v) is 11.4. The molecule has 0 saturated carbocycles. The molecule has 3 aromatic carbocycles. The van der Waals surface area contributed by atoms with Gasteiger partial charge in [-0.3, -0.25) is 14.2 Å². The number of carbonyl (C=O) groups is 1. The van der Waals surface area contributed by atoms with Crippen LogP contribution in [0.25, 0.3) is 10.2 Å². The molecule has 2 N–H and O–H groups in total. The second kappa shape index (κ2) is 9.21. The van der Waals surface area contributed by atoms with Crippen LogP contribution in [0.1, 0.15) is 15.9 Å². The Balaban J connectivity index is 1.25. The van der Waals surface area contributed by atoms with Crippen LogP contribution in [0.3, 0.4) is 0 Å². The van der Waals surface area contributed by atoms with Crippen LogP contribution in [0.2, 0.25) is 0 Å². The lowest BCUT2D eigenvalue weighted by Gasteiger charge is -2.09. The highest BCUT2D eigenvalue weighted by Crippen LogP contribution is 2.23. The number of carbonyl (C=O) groups excluding carboxylic acids is 1. The van der Waals surface area contributed by atoms with Gasteiger partial charge in [0.25, 0.3) is 11.5 Å². The molecule has 0 radical (unpaired) electrons. The highest BCUT2D eigenvalue weighted by atomic mass is 32.1. The number of ether oxygens (including phenoxy) is 1. The Kier molecular flexibility index (Phi) is 5.80. The summed E-state index contributed by atoms with van der Waals surface area (Å²) in [5, 5.41) is 4.62. The summed E-state index contributed by atoms with van der Waals surface area (Å²) in [5.41, 5.74) is 1.60. The van der Waals surface area contributed by atoms with Crippen LogP contribution in [-0.4, -0.2) is 15.5 Å². The molecule has 5 rings (SSSR count). The van der Waals surface area contributed by atoms with Gasteiger partial charge >= 0.3 is 5.69 Å². The average molecular weight is 470 g/mol. The van der Waals surface area contributed by atoms with E-state index in [1.54, 1.807) is 60.0 Å². The van der Waals surface area contributed by atoms with Gasteiger partial charge in [0.05, 0.1) is 12.1 Å². The number of aromatic amines is 1. The molecule has 7 nitrogen and oxygen atoms in total. The number of H-pyrrole nitrogens is 1. The van der Waals surface area contributed by atoms with Crippen molar-refractivity contribution in [2.75, 3.05) is 5.32 Å². The first-order valence-electron chi connectivity index (χ1n) is 10.5. The maximum Gasteiger partial charge on any atom is 0.329 e. The summed E-state index contributed by atoms with van der Waals surface area (Å²) in [6.45, 7) is 0.118. The van der Waals surface area contributed by atoms with Gasteiger partial charge in [0.2, 0.25) is 0 Å². The third-order valence-electron chi connectivity index (χ3n) is 5.24. The van der Waals surface area contributed by atoms with Crippen LogP contribution in [0.15, 0.2) is 99.9 Å². The van der Waals surface area contributed by atoms with E-state index < -0.39 is 5.69 Å². The lowest BCUT2D eigenvalue weighted by atomic mass is 10.1. The molecule has 1 amide bonds. The van der Waals surface area contributed by atoms with Crippen LogP contribution in [0, 0.1) is 0 Å². The minimum Gasteiger partial charge on any atom is -0.457 e. The van der Waals surface area contributed by atoms with Crippen molar-refractivity contribution in [2.24, 2.45) is 0 Å². The number of thiophene rings is 1. The molecule has 0 atom stereocenters. The predicted molar refractivity (Wildman–Crippen MR) is 133 cm³/mol. The smallest absolute Gasteiger partial charge is 0.329 e. The zero-order chi connectivity index (χ0) is 23.5. The first-order chi connectivity index (χ1) is 16.6. The van der Waals surface area contributed by atoms with Gasteiger partial charge in [-0.15, -0.1) is 11.3 Å². The Labute approximate surface area is 197 Å². The summed E-state index contributed by atoms with van der Waals surface area (Å²) in [7, 11) is 0. The number of hydrogen-bond donors (Lipinski definition) is 2. The van der Waals surface area contributed by atoms with Crippen LogP contribution in [0.4, 0.5) is 5.69 Å². The highest BCUT2D eigenvalue weighted by Gasteiger charge is 2.11. The third-order valence-corrected chi connectivity index (χ3v) is 6.14. The van der Waals surface area contributed by atoms with Crippen LogP contribution >= 0.6 is 11.3 Å². The lowest BCUT2D eigenvalue weighted by molar-refractivity contribution is 0.102. The van der Waals surface area contributed by atoms with E-state index >= 15 is 0 Å². The first kappa shape index (κ1) is 21.4. The number of anilines is 1. The fourth-order valence-corrected chi connectivity index (χ4v) is 4.29. The Morgan fingerprint density at radius 3 is 2.32 bits per heavy atom. The van der Waals surface area contributed by atoms with E-state index in [-0.39, 0.29) is 18.0 Å². The monoisotopic (exact) mass is 469 g/mol. The number of hydrogen-bond acceptors (Lipinski definition) is 5. The fraction of sp³-hybridized carbons (Fsp3) is 0.0385. The number of nitrogens with one attached hydrogen (secondary N) is 2. The summed E-state index contributed by atoms with van der Waals surface area (Å²) in [6, 6.07) is 25.1. The van der Waals surface area contributed by atoms with Crippen molar-refractivity contribution >= 4 is 33.1 Å². The predicted octanol–water partition coefficient (Wildman–Crippen LogP) is 4.84. The fourth-order valence-electron chi connectivity index (χ4n) is 3.49. The van der Waals surface area contributed by atoms with E-state index in [9.17, 15) is 14.4 Å². The summed E-state index contributed by atoms with van der Waals surface area (Å²) >= 11 is 1.29. The van der Waals surface area contributed by atoms with Crippen molar-refractivity contribution in [3.8, 4) is 11.5 Å². The number of rotatable bonds is 6. The van der Waals surface area contributed by atoms with Gasteiger partial charge in [-0.05, 0) is 65.5 Å². The Hall–Kier alpha value is -4.43. The van der Waals surface area contributed by atoms with E-state index in [4.69, 9.17) is 4.74 Å². The molecule has 0 saturated heterocycles. The zero-order valence-corrected chi connectivity index (χ0v) is 18.7. The van der Waals surface area contributed by atoms with E-state index in [1.165, 1.54) is 11.3 Å². The third kappa shape index (κ3) is 4.53. The number of fused-ring (bicyclic) bond motifs is 1. The topological polar surface area (TPSA) is 93.2 Å². The molecule has 8 heteroatoms. The van der Waals surface area contributed by atoms with E-state index in [1.807, 2.05) is 30.3 Å². The maximum absolute atomic E-state index is 12.6. The number of para-hydroxylation sites is 1. The van der Waals surface area contributed by atoms with Gasteiger partial charge in [0.1, 0.15) is 16.2 Å². The van der Waals surface area contributed by atoms with Gasteiger partial charge < -0.3 is 15.0 Å². The second-order valence-corrected chi connectivity index (χ2v) is 8.49. The zero-order valence-electron chi connectivity index (χ0n) is 17.9. The number of benzene rings is 3. The molecule has 34 heavy (non-hydrogen) atoms. The minimum atomic E-state index is -0.461. The van der Waals surface area contributed by atoms with Crippen LogP contribution < -0.4 is 21.3 Å². The molecule has 0 aliphatic rings. The second-order valence-electron chi connectivity index (χ2n) is 7.58. The van der Waals surface area contributed by atoms with Gasteiger partial charge in [0.15, 0.2) is 0 Å². The molecule has 0 aliphatic carbocycles. The average Bonchev–Trinajstić information content (AvgIpc) is 3.32. The quantitative estimate of drug-likeness (QED) is 0.372. The van der Waals surface area contributed by atoms with Crippen molar-refractivity contribution in [1.29, 1.82) is 0 Å². The molecule has 5 aromatic rings. The highest BCUT2D eigenvalue weighted by molar-refractivity contribution is 7.17. The summed E-state index contributed by atoms with van der Waals surface area (Å²) in [4.78, 5) is 40.3. The van der Waals surface area contributed by atoms with Crippen molar-refractivity contribution in [3.05, 3.63) is 122 Å². The molecule has 2 heterocycles. The molecule has 0 bridgehead atoms. The van der Waals surface area contributed by atoms with Crippen molar-refractivity contribution in [1.82, 2.24) is 9.55 Å². The largest absolute Gasteiger partial charge is 0.457 e. The molecule has 0 aliphatic heterocycles. The summed E-state index contributed by atoms with van der Waals surface area (Å²) in [5.74, 6) is 1.14. The van der Waals surface area contributed by atoms with Gasteiger partial charge in [0, 0.05) is 11.3 Å². The standard InChI is InChI=1S/C26H19N3O4S/c30-24(27-19-10-12-21(13-11-19)33-20-4-2-1-3-5-20)18-8-6-17(7-9-18)16-29-25(31)23-22(14-15-34-23)28-26(29)32/h1-15H,16H2,(H,27,30)(H,28,32). The number of amides is 1. The molecule has 2 aromatic heterocycles. The molecule has 0 fully saturated rings. The van der Waals surface area contributed by atoms with Crippen LogP contribution in [0.5, 0.6) is 11.5 Å². The van der Waals surface area contributed by atoms with Gasteiger partial charge in [-0.2, -0.15) is 0 Å². The van der Waals surface area contributed by atoms with E-state index in [0.29, 0.717) is 27.2 Å². The summed E-state index contributed by atoms with van der Waals surface area (Å²) in [6.07, 6.45) is 0. The Bertz CT molecular complexity index is 1570. The molecular formula is C26H19N3O4S. The summed E-state index contributed by atoms with van der Waals surface area (Å²) < 4.78 is 7.43. The van der Waals surface area contributed by atoms with Crippen molar-refractivity contribution < 1.29 is 9.53 Å². The maximum atomic E-state index is 12.6. The van der Waals surface area contributed by atoms with Gasteiger partial charge in [-0.1, -0.05) is 30.3 Å². The SMILES string of the molecule is O=C(Nc1ccc(Oc2ccccc2)cc1)c1ccc(Cn2c(=O)[nH]c3ccsc3c2=O)cc1. The number of aromatic nitrogens is 2. The molecule has 168 valence electrons. The van der Waals surface area contributed by atoms with Crippen molar-refractivity contribution in [2.45, 2.75) is 6.54 Å². The van der Waals surface area contributed by atoms with E-state index in [2.05, 4.69) is 10.3 Å². The number of nitrogens with zero attached hydrogens (tertiary/aromatic N) is 1. The molecule has 0 spiro atoms. The van der Waals surface area contributed by atoms with Gasteiger partial charge in [-0.25, -0.2) is 4.79 Å². The lowest BCUT2D eigenvalue weighted by Crippen LogP contribution is -2.34. The molecule has 0 unspecified atom stereocenters. The molecular weight excluding hydrogens is 450 g/mol. The van der Waals surface area contributed by atoms with E-state index in [0.717, 1.165) is 15.9 Å². The Morgan fingerprint density at radius 1 is 0.882 bits per heavy atom. The Morgan fingerprint density at radius 2 is 1.59 bits per heavy atom. The van der Waals surface area contributed by atoms with Crippen molar-refractivity contribution in [3.63, 3.8) is 0 Å².